The summed E-state index contributed by atoms with van der Waals surface area (Å²) >= 11 is 6.40. The SMILES string of the molecule is CCOC(=O)C=Cc1cnc(NC2CCN(CC3CCCCC3)CC2)c(Cl)c1. The highest BCUT2D eigenvalue weighted by atomic mass is 35.5. The van der Waals surface area contributed by atoms with Crippen LogP contribution in [0.1, 0.15) is 57.4 Å². The van der Waals surface area contributed by atoms with Gasteiger partial charge >= 0.3 is 5.97 Å². The molecular weight excluding hydrogens is 374 g/mol. The number of nitrogens with zero attached hydrogens (tertiary/aromatic N) is 2. The van der Waals surface area contributed by atoms with Crippen molar-refractivity contribution in [1.82, 2.24) is 9.88 Å². The maximum atomic E-state index is 11.4. The van der Waals surface area contributed by atoms with Crippen molar-refractivity contribution < 1.29 is 9.53 Å². The Bertz CT molecular complexity index is 666. The number of anilines is 1. The normalized spacial score (nSPS) is 19.8. The maximum absolute atomic E-state index is 11.4. The average molecular weight is 406 g/mol. The minimum absolute atomic E-state index is 0.360. The van der Waals surface area contributed by atoms with Gasteiger partial charge < -0.3 is 15.0 Å². The Morgan fingerprint density at radius 3 is 2.71 bits per heavy atom. The van der Waals surface area contributed by atoms with Crippen molar-refractivity contribution in [2.24, 2.45) is 5.92 Å². The topological polar surface area (TPSA) is 54.5 Å². The minimum Gasteiger partial charge on any atom is -0.463 e. The molecule has 3 rings (SSSR count). The molecule has 0 atom stereocenters. The van der Waals surface area contributed by atoms with Crippen molar-refractivity contribution in [2.45, 2.75) is 57.9 Å². The summed E-state index contributed by atoms with van der Waals surface area (Å²) in [5.41, 5.74) is 0.783. The fourth-order valence-corrected chi connectivity index (χ4v) is 4.42. The van der Waals surface area contributed by atoms with Gasteiger partial charge in [-0.3, -0.25) is 0 Å². The Labute approximate surface area is 173 Å². The molecule has 1 N–H and O–H groups in total. The lowest BCUT2D eigenvalue weighted by molar-refractivity contribution is -0.137. The molecule has 2 aliphatic rings. The summed E-state index contributed by atoms with van der Waals surface area (Å²) in [6.45, 7) is 5.71. The van der Waals surface area contributed by atoms with Crippen molar-refractivity contribution in [2.75, 3.05) is 31.6 Å². The predicted molar refractivity (Wildman–Crippen MR) is 115 cm³/mol. The molecule has 0 radical (unpaired) electrons. The monoisotopic (exact) mass is 405 g/mol. The zero-order valence-electron chi connectivity index (χ0n) is 16.8. The van der Waals surface area contributed by atoms with E-state index in [2.05, 4.69) is 15.2 Å². The van der Waals surface area contributed by atoms with E-state index in [0.29, 0.717) is 17.7 Å². The van der Waals surface area contributed by atoms with Crippen molar-refractivity contribution in [3.05, 3.63) is 28.9 Å². The van der Waals surface area contributed by atoms with Gasteiger partial charge in [-0.2, -0.15) is 0 Å². The van der Waals surface area contributed by atoms with E-state index in [1.54, 1.807) is 19.2 Å². The van der Waals surface area contributed by atoms with Gasteiger partial charge in [0.25, 0.3) is 0 Å². The van der Waals surface area contributed by atoms with Crippen molar-refractivity contribution in [3.8, 4) is 0 Å². The molecule has 1 aromatic rings. The number of halogens is 1. The summed E-state index contributed by atoms with van der Waals surface area (Å²) in [5.74, 6) is 1.27. The van der Waals surface area contributed by atoms with Crippen LogP contribution in [0.5, 0.6) is 0 Å². The van der Waals surface area contributed by atoms with Crippen LogP contribution in [0.4, 0.5) is 5.82 Å². The third-order valence-corrected chi connectivity index (χ3v) is 6.02. The summed E-state index contributed by atoms with van der Waals surface area (Å²) in [5, 5.41) is 4.08. The molecule has 2 heterocycles. The molecule has 1 saturated heterocycles. The fraction of sp³-hybridized carbons (Fsp3) is 0.636. The lowest BCUT2D eigenvalue weighted by Gasteiger charge is -2.35. The smallest absolute Gasteiger partial charge is 0.330 e. The lowest BCUT2D eigenvalue weighted by atomic mass is 9.88. The second-order valence-electron chi connectivity index (χ2n) is 7.91. The third kappa shape index (κ3) is 6.49. The van der Waals surface area contributed by atoms with E-state index in [1.807, 2.05) is 6.07 Å². The first kappa shape index (κ1) is 21.1. The number of likely N-dealkylation sites (tertiary alicyclic amines) is 1. The molecule has 1 aromatic heterocycles. The maximum Gasteiger partial charge on any atom is 0.330 e. The molecule has 0 spiro atoms. The third-order valence-electron chi connectivity index (χ3n) is 5.73. The molecule has 28 heavy (non-hydrogen) atoms. The molecule has 0 amide bonds. The van der Waals surface area contributed by atoms with Gasteiger partial charge in [0.15, 0.2) is 0 Å². The number of hydrogen-bond donors (Lipinski definition) is 1. The first-order chi connectivity index (χ1) is 13.6. The Morgan fingerprint density at radius 1 is 1.29 bits per heavy atom. The summed E-state index contributed by atoms with van der Waals surface area (Å²) in [6.07, 6.45) is 14.1. The number of ether oxygens (including phenoxy) is 1. The van der Waals surface area contributed by atoms with Crippen LogP contribution < -0.4 is 5.32 Å². The van der Waals surface area contributed by atoms with Crippen molar-refractivity contribution in [1.29, 1.82) is 0 Å². The van der Waals surface area contributed by atoms with E-state index in [0.717, 1.165) is 43.2 Å². The standard InChI is InChI=1S/C22H32ClN3O2/c1-2-28-21(27)9-8-18-14-20(23)22(24-15-18)25-19-10-12-26(13-11-19)16-17-6-4-3-5-7-17/h8-9,14-15,17,19H,2-7,10-13,16H2,1H3,(H,24,25). The molecule has 0 unspecified atom stereocenters. The lowest BCUT2D eigenvalue weighted by Crippen LogP contribution is -2.41. The van der Waals surface area contributed by atoms with Gasteiger partial charge in [-0.05, 0) is 56.2 Å². The molecule has 1 aliphatic carbocycles. The van der Waals surface area contributed by atoms with Gasteiger partial charge in [-0.25, -0.2) is 9.78 Å². The van der Waals surface area contributed by atoms with Crippen LogP contribution >= 0.6 is 11.6 Å². The molecule has 154 valence electrons. The van der Waals surface area contributed by atoms with E-state index < -0.39 is 0 Å². The second kappa shape index (κ2) is 10.8. The van der Waals surface area contributed by atoms with Crippen molar-refractivity contribution >= 4 is 29.5 Å². The molecule has 5 nitrogen and oxygen atoms in total. The van der Waals surface area contributed by atoms with Crippen LogP contribution in [0, 0.1) is 5.92 Å². The predicted octanol–water partition coefficient (Wildman–Crippen LogP) is 4.77. The number of esters is 1. The Balaban J connectivity index is 1.46. The molecule has 6 heteroatoms. The highest BCUT2D eigenvalue weighted by molar-refractivity contribution is 6.33. The highest BCUT2D eigenvalue weighted by Crippen LogP contribution is 2.27. The highest BCUT2D eigenvalue weighted by Gasteiger charge is 2.23. The molecule has 0 aromatic carbocycles. The molecule has 1 saturated carbocycles. The van der Waals surface area contributed by atoms with E-state index in [-0.39, 0.29) is 5.97 Å². The number of hydrogen-bond acceptors (Lipinski definition) is 5. The van der Waals surface area contributed by atoms with E-state index in [4.69, 9.17) is 16.3 Å². The van der Waals surface area contributed by atoms with Gasteiger partial charge in [0.05, 0.1) is 11.6 Å². The Kier molecular flexibility index (Phi) is 8.16. The zero-order chi connectivity index (χ0) is 19.8. The van der Waals surface area contributed by atoms with Gasteiger partial charge in [0.2, 0.25) is 0 Å². The summed E-state index contributed by atoms with van der Waals surface area (Å²) in [4.78, 5) is 18.5. The number of rotatable bonds is 7. The quantitative estimate of drug-likeness (QED) is 0.523. The van der Waals surface area contributed by atoms with Crippen molar-refractivity contribution in [3.63, 3.8) is 0 Å². The van der Waals surface area contributed by atoms with E-state index >= 15 is 0 Å². The Morgan fingerprint density at radius 2 is 2.04 bits per heavy atom. The number of nitrogens with one attached hydrogen (secondary N) is 1. The first-order valence-electron chi connectivity index (χ1n) is 10.6. The van der Waals surface area contributed by atoms with Gasteiger partial charge in [-0.1, -0.05) is 30.9 Å². The van der Waals surface area contributed by atoms with Crippen LogP contribution in [0.2, 0.25) is 5.02 Å². The second-order valence-corrected chi connectivity index (χ2v) is 8.31. The summed E-state index contributed by atoms with van der Waals surface area (Å²) < 4.78 is 4.88. The molecular formula is C22H32ClN3O2. The van der Waals surface area contributed by atoms with Crippen LogP contribution in [-0.2, 0) is 9.53 Å². The number of carbonyl (C=O) groups is 1. The van der Waals surface area contributed by atoms with Crippen LogP contribution in [0.15, 0.2) is 18.3 Å². The number of piperidine rings is 1. The minimum atomic E-state index is -0.360. The molecule has 1 aliphatic heterocycles. The van der Waals surface area contributed by atoms with Crippen LogP contribution in [0.25, 0.3) is 6.08 Å². The first-order valence-corrected chi connectivity index (χ1v) is 11.0. The van der Waals surface area contributed by atoms with E-state index in [9.17, 15) is 4.79 Å². The number of carbonyl (C=O) groups excluding carboxylic acids is 1. The van der Waals surface area contributed by atoms with Gasteiger partial charge in [0.1, 0.15) is 5.82 Å². The summed E-state index contributed by atoms with van der Waals surface area (Å²) in [6, 6.07) is 2.23. The largest absolute Gasteiger partial charge is 0.463 e. The zero-order valence-corrected chi connectivity index (χ0v) is 17.6. The van der Waals surface area contributed by atoms with Crippen LogP contribution in [-0.4, -0.2) is 48.1 Å². The number of aromatic nitrogens is 1. The Hall–Kier alpha value is -1.59. The summed E-state index contributed by atoms with van der Waals surface area (Å²) in [7, 11) is 0. The molecule has 0 bridgehead atoms. The number of pyridine rings is 1. The average Bonchev–Trinajstić information content (AvgIpc) is 2.71. The van der Waals surface area contributed by atoms with Crippen LogP contribution in [0.3, 0.4) is 0 Å². The van der Waals surface area contributed by atoms with Gasteiger partial charge in [0, 0.05) is 37.9 Å². The molecule has 2 fully saturated rings. The van der Waals surface area contributed by atoms with E-state index in [1.165, 1.54) is 44.7 Å². The fourth-order valence-electron chi connectivity index (χ4n) is 4.19. The van der Waals surface area contributed by atoms with Gasteiger partial charge in [-0.15, -0.1) is 0 Å².